The number of nitrogens with zero attached hydrogens (tertiary/aromatic N) is 3. The van der Waals surface area contributed by atoms with Crippen LogP contribution < -0.4 is 0 Å². The number of amides is 1. The van der Waals surface area contributed by atoms with E-state index in [1.165, 1.54) is 0 Å². The second-order valence-corrected chi connectivity index (χ2v) is 18.2. The van der Waals surface area contributed by atoms with Gasteiger partial charge in [0.2, 0.25) is 0 Å². The van der Waals surface area contributed by atoms with E-state index >= 15 is 0 Å². The van der Waals surface area contributed by atoms with E-state index in [1.54, 1.807) is 4.90 Å². The van der Waals surface area contributed by atoms with E-state index in [4.69, 9.17) is 9.84 Å². The first-order chi connectivity index (χ1) is 16.7. The van der Waals surface area contributed by atoms with E-state index < -0.39 is 25.5 Å². The number of hydrogen-bond acceptors (Lipinski definition) is 4. The molecule has 0 bridgehead atoms. The van der Waals surface area contributed by atoms with Crippen molar-refractivity contribution in [2.45, 2.75) is 123 Å². The average molecular weight is 514 g/mol. The number of rotatable bonds is 8. The lowest BCUT2D eigenvalue weighted by molar-refractivity contribution is 0.00733. The molecule has 1 aliphatic heterocycles. The van der Waals surface area contributed by atoms with Crippen molar-refractivity contribution >= 4 is 31.0 Å². The fraction of sp³-hybridized carbons (Fsp3) is 0.690. The van der Waals surface area contributed by atoms with Crippen LogP contribution in [-0.2, 0) is 4.74 Å². The third-order valence-corrected chi connectivity index (χ3v) is 14.8. The van der Waals surface area contributed by atoms with Gasteiger partial charge in [-0.1, -0.05) is 54.9 Å². The molecule has 6 nitrogen and oxygen atoms in total. The zero-order valence-electron chi connectivity index (χ0n) is 24.1. The predicted molar refractivity (Wildman–Crippen MR) is 150 cm³/mol. The molecule has 200 valence electrons. The fourth-order valence-electron chi connectivity index (χ4n) is 6.97. The zero-order chi connectivity index (χ0) is 27.1. The zero-order valence-corrected chi connectivity index (χ0v) is 25.1. The van der Waals surface area contributed by atoms with E-state index in [0.29, 0.717) is 41.6 Å². The lowest BCUT2D eigenvalue weighted by Crippen LogP contribution is -2.54. The molecule has 1 saturated heterocycles. The molecular weight excluding hydrogens is 466 g/mol. The Morgan fingerprint density at radius 3 is 2.22 bits per heavy atom. The van der Waals surface area contributed by atoms with E-state index in [0.717, 1.165) is 23.7 Å². The van der Waals surface area contributed by atoms with Crippen molar-refractivity contribution < 1.29 is 14.3 Å². The Labute approximate surface area is 218 Å². The van der Waals surface area contributed by atoms with Gasteiger partial charge in [0.15, 0.2) is 14.0 Å². The van der Waals surface area contributed by atoms with Gasteiger partial charge in [0.1, 0.15) is 11.1 Å². The van der Waals surface area contributed by atoms with Gasteiger partial charge in [-0.2, -0.15) is 5.10 Å². The van der Waals surface area contributed by atoms with Crippen LogP contribution in [-0.4, -0.2) is 52.1 Å². The van der Waals surface area contributed by atoms with Gasteiger partial charge in [-0.05, 0) is 74.9 Å². The Bertz CT molecular complexity index is 1080. The first-order valence-electron chi connectivity index (χ1n) is 13.8. The normalized spacial score (nSPS) is 19.2. The highest BCUT2D eigenvalue weighted by molar-refractivity contribution is 6.82. The van der Waals surface area contributed by atoms with Crippen LogP contribution in [0.25, 0.3) is 10.9 Å². The van der Waals surface area contributed by atoms with Crippen molar-refractivity contribution in [3.8, 4) is 0 Å². The third kappa shape index (κ3) is 4.75. The van der Waals surface area contributed by atoms with Crippen LogP contribution in [0, 0.1) is 0 Å². The van der Waals surface area contributed by atoms with Gasteiger partial charge in [0.25, 0.3) is 0 Å². The lowest BCUT2D eigenvalue weighted by Gasteiger charge is -2.43. The molecule has 1 amide bonds. The summed E-state index contributed by atoms with van der Waals surface area (Å²) in [7, 11) is -2.01. The number of ether oxygens (including phenoxy) is 1. The van der Waals surface area contributed by atoms with Crippen molar-refractivity contribution in [1.82, 2.24) is 14.3 Å². The van der Waals surface area contributed by atoms with Gasteiger partial charge in [-0.15, -0.1) is 0 Å². The largest absolute Gasteiger partial charge is 0.444 e. The molecule has 1 aromatic heterocycles. The minimum absolute atomic E-state index is 0.0162. The highest BCUT2D eigenvalue weighted by Gasteiger charge is 2.51. The second-order valence-electron chi connectivity index (χ2n) is 12.5. The summed E-state index contributed by atoms with van der Waals surface area (Å²) in [4.78, 5) is 29.0. The SMILES string of the molecule is CCCC1(C(=O)c2ccc3c(cnn3[Si](C(C)C)(C(C)C)C(C)C)c2)CCCN1C(=O)OC(C)(C)C. The predicted octanol–water partition coefficient (Wildman–Crippen LogP) is 7.81. The summed E-state index contributed by atoms with van der Waals surface area (Å²) in [5, 5.41) is 5.94. The van der Waals surface area contributed by atoms with E-state index in [9.17, 15) is 9.59 Å². The summed E-state index contributed by atoms with van der Waals surface area (Å²) >= 11 is 0. The monoisotopic (exact) mass is 513 g/mol. The highest BCUT2D eigenvalue weighted by atomic mass is 28.3. The highest BCUT2D eigenvalue weighted by Crippen LogP contribution is 2.44. The number of likely N-dealkylation sites (tertiary alicyclic amines) is 1. The maximum atomic E-state index is 14.1. The standard InChI is InChI=1S/C29H47N3O3Si/c1-11-15-29(16-12-17-31(29)27(34)35-28(8,9)10)26(33)23-13-14-25-24(18-23)19-30-32(25)36(20(2)3,21(4)5)22(6)7/h13-14,18-22H,11-12,15-17H2,1-10H3. The number of ketones is 1. The Morgan fingerprint density at radius 2 is 1.69 bits per heavy atom. The molecule has 2 heterocycles. The molecule has 1 aromatic carbocycles. The maximum Gasteiger partial charge on any atom is 0.411 e. The smallest absolute Gasteiger partial charge is 0.411 e. The first-order valence-corrected chi connectivity index (χ1v) is 15.9. The van der Waals surface area contributed by atoms with Crippen molar-refractivity contribution in [2.24, 2.45) is 0 Å². The van der Waals surface area contributed by atoms with Gasteiger partial charge < -0.3 is 4.74 Å². The van der Waals surface area contributed by atoms with Crippen molar-refractivity contribution in [3.05, 3.63) is 30.0 Å². The third-order valence-electron chi connectivity index (χ3n) is 8.16. The summed E-state index contributed by atoms with van der Waals surface area (Å²) in [6.45, 7) is 22.2. The molecule has 1 aliphatic rings. The number of hydrogen-bond donors (Lipinski definition) is 0. The molecule has 0 N–H and O–H groups in total. The Balaban J connectivity index is 2.07. The number of carbonyl (C=O) groups is 2. The molecule has 7 heteroatoms. The Hall–Kier alpha value is -2.15. The topological polar surface area (TPSA) is 64.4 Å². The van der Waals surface area contributed by atoms with Gasteiger partial charge in [-0.3, -0.25) is 14.0 Å². The van der Waals surface area contributed by atoms with Gasteiger partial charge in [-0.25, -0.2) is 4.79 Å². The molecule has 36 heavy (non-hydrogen) atoms. The molecule has 0 aliphatic carbocycles. The van der Waals surface area contributed by atoms with Gasteiger partial charge in [0, 0.05) is 17.5 Å². The molecule has 1 atom stereocenters. The molecule has 2 aromatic rings. The molecule has 0 spiro atoms. The van der Waals surface area contributed by atoms with Crippen LogP contribution in [0.2, 0.25) is 16.6 Å². The summed E-state index contributed by atoms with van der Waals surface area (Å²) < 4.78 is 8.05. The molecular formula is C29H47N3O3Si. The van der Waals surface area contributed by atoms with Crippen molar-refractivity contribution in [1.29, 1.82) is 0 Å². The van der Waals surface area contributed by atoms with Gasteiger partial charge >= 0.3 is 6.09 Å². The van der Waals surface area contributed by atoms with E-state index in [2.05, 4.69) is 58.9 Å². The number of aromatic nitrogens is 2. The van der Waals surface area contributed by atoms with Crippen LogP contribution in [0.4, 0.5) is 4.79 Å². The summed E-state index contributed by atoms with van der Waals surface area (Å²) in [5.74, 6) is 0.0162. The number of carbonyl (C=O) groups excluding carboxylic acids is 2. The minimum Gasteiger partial charge on any atom is -0.444 e. The van der Waals surface area contributed by atoms with E-state index in [-0.39, 0.29) is 5.78 Å². The van der Waals surface area contributed by atoms with Crippen LogP contribution in [0.3, 0.4) is 0 Å². The Kier molecular flexibility index (Phi) is 8.14. The van der Waals surface area contributed by atoms with Crippen LogP contribution >= 0.6 is 0 Å². The average Bonchev–Trinajstić information content (AvgIpc) is 3.37. The van der Waals surface area contributed by atoms with Crippen molar-refractivity contribution in [3.63, 3.8) is 0 Å². The molecule has 1 fully saturated rings. The molecule has 3 rings (SSSR count). The van der Waals surface area contributed by atoms with Crippen LogP contribution in [0.5, 0.6) is 0 Å². The fourth-order valence-corrected chi connectivity index (χ4v) is 13.3. The molecule has 1 unspecified atom stereocenters. The summed E-state index contributed by atoms with van der Waals surface area (Å²) in [6.07, 6.45) is 4.45. The quantitative estimate of drug-likeness (QED) is 0.267. The number of benzene rings is 1. The van der Waals surface area contributed by atoms with Crippen LogP contribution in [0.1, 0.15) is 105 Å². The number of fused-ring (bicyclic) bond motifs is 1. The van der Waals surface area contributed by atoms with Gasteiger partial charge in [0.05, 0.1) is 11.7 Å². The molecule has 0 saturated carbocycles. The summed E-state index contributed by atoms with van der Waals surface area (Å²) in [6, 6.07) is 6.02. The Morgan fingerprint density at radius 1 is 1.08 bits per heavy atom. The first kappa shape index (κ1) is 28.4. The molecule has 0 radical (unpaired) electrons. The minimum atomic E-state index is -2.01. The number of Topliss-reactive ketones (excluding diaryl/α,β-unsaturated/α-hetero) is 1. The second kappa shape index (κ2) is 10.3. The van der Waals surface area contributed by atoms with E-state index in [1.807, 2.05) is 39.1 Å². The van der Waals surface area contributed by atoms with Crippen LogP contribution in [0.15, 0.2) is 24.4 Å². The lowest BCUT2D eigenvalue weighted by atomic mass is 9.82. The van der Waals surface area contributed by atoms with Crippen molar-refractivity contribution in [2.75, 3.05) is 6.54 Å². The maximum absolute atomic E-state index is 14.1. The summed E-state index contributed by atoms with van der Waals surface area (Å²) in [5.41, 5.74) is 1.87.